The van der Waals surface area contributed by atoms with E-state index in [0.717, 1.165) is 5.56 Å². The summed E-state index contributed by atoms with van der Waals surface area (Å²) in [6, 6.07) is 5.64. The molecule has 0 amide bonds. The van der Waals surface area contributed by atoms with Crippen LogP contribution >= 0.6 is 23.2 Å². The summed E-state index contributed by atoms with van der Waals surface area (Å²) in [6.07, 6.45) is 3.14. The van der Waals surface area contributed by atoms with E-state index in [1.54, 1.807) is 18.3 Å². The second-order valence-electron chi connectivity index (χ2n) is 6.04. The average Bonchev–Trinajstić information content (AvgIpc) is 2.46. The molecule has 2 aromatic rings. The summed E-state index contributed by atoms with van der Waals surface area (Å²) < 4.78 is 28.5. The van der Waals surface area contributed by atoms with Crippen LogP contribution in [0.2, 0.25) is 10.0 Å². The summed E-state index contributed by atoms with van der Waals surface area (Å²) in [5.74, 6) is -0.504. The molecular weight excluding hydrogens is 358 g/mol. The predicted molar refractivity (Wildman–Crippen MR) is 93.5 cm³/mol. The van der Waals surface area contributed by atoms with Crippen molar-refractivity contribution >= 4 is 34.2 Å². The zero-order valence-corrected chi connectivity index (χ0v) is 15.3. The number of nitrogens with one attached hydrogen (secondary N) is 1. The van der Waals surface area contributed by atoms with E-state index in [1.165, 1.54) is 18.3 Å². The molecule has 1 aromatic carbocycles. The monoisotopic (exact) mass is 374 g/mol. The third-order valence-corrected chi connectivity index (χ3v) is 5.18. The van der Waals surface area contributed by atoms with E-state index >= 15 is 0 Å². The Morgan fingerprint density at radius 2 is 1.87 bits per heavy atom. The second kappa shape index (κ2) is 7.26. The lowest BCUT2D eigenvalue weighted by molar-refractivity contribution is 0.618. The number of benzene rings is 1. The highest BCUT2D eigenvalue weighted by Gasteiger charge is 2.25. The van der Waals surface area contributed by atoms with Gasteiger partial charge in [0.15, 0.2) is 0 Å². The molecule has 0 radical (unpaired) electrons. The lowest BCUT2D eigenvalue weighted by Crippen LogP contribution is -2.36. The first kappa shape index (κ1) is 18.3. The molecule has 1 aromatic heterocycles. The van der Waals surface area contributed by atoms with Crippen LogP contribution in [0.25, 0.3) is 0 Å². The lowest BCUT2D eigenvalue weighted by Gasteiger charge is -2.25. The third-order valence-electron chi connectivity index (χ3n) is 3.12. The first-order valence-electron chi connectivity index (χ1n) is 6.92. The predicted octanol–water partition coefficient (Wildman–Crippen LogP) is 4.67. The third kappa shape index (κ3) is 4.73. The molecule has 0 saturated heterocycles. The highest BCUT2D eigenvalue weighted by molar-refractivity contribution is 7.84. The summed E-state index contributed by atoms with van der Waals surface area (Å²) in [7, 11) is -1.34. The first-order valence-corrected chi connectivity index (χ1v) is 8.82. The fraction of sp³-hybridized carbons (Fsp3) is 0.312. The molecule has 1 heterocycles. The molecule has 0 fully saturated rings. The van der Waals surface area contributed by atoms with Crippen LogP contribution in [0.1, 0.15) is 37.9 Å². The molecule has 124 valence electrons. The van der Waals surface area contributed by atoms with Crippen LogP contribution in [0.15, 0.2) is 36.7 Å². The van der Waals surface area contributed by atoms with E-state index < -0.39 is 27.6 Å². The molecule has 7 heteroatoms. The SMILES string of the molecule is CC(C)(C)S(=O)NC(c1cncc(Cl)c1)c1ccc(F)c(Cl)c1. The molecule has 1 N–H and O–H groups in total. The highest BCUT2D eigenvalue weighted by Crippen LogP contribution is 2.28. The Bertz CT molecular complexity index is 734. The fourth-order valence-corrected chi connectivity index (χ4v) is 3.10. The maximum atomic E-state index is 13.4. The molecule has 0 spiro atoms. The molecule has 2 rings (SSSR count). The number of rotatable bonds is 4. The molecule has 0 bridgehead atoms. The summed E-state index contributed by atoms with van der Waals surface area (Å²) in [6.45, 7) is 5.59. The van der Waals surface area contributed by atoms with Crippen LogP contribution in [-0.2, 0) is 11.0 Å². The van der Waals surface area contributed by atoms with Crippen molar-refractivity contribution < 1.29 is 8.60 Å². The smallest absolute Gasteiger partial charge is 0.141 e. The topological polar surface area (TPSA) is 42.0 Å². The number of pyridine rings is 1. The highest BCUT2D eigenvalue weighted by atomic mass is 35.5. The number of hydrogen-bond acceptors (Lipinski definition) is 2. The van der Waals surface area contributed by atoms with E-state index in [4.69, 9.17) is 23.2 Å². The van der Waals surface area contributed by atoms with Crippen molar-refractivity contribution in [3.8, 4) is 0 Å². The van der Waals surface area contributed by atoms with Gasteiger partial charge >= 0.3 is 0 Å². The Kier molecular flexibility index (Phi) is 5.79. The van der Waals surface area contributed by atoms with Crippen LogP contribution in [0, 0.1) is 5.82 Å². The Morgan fingerprint density at radius 1 is 1.17 bits per heavy atom. The number of nitrogens with zero attached hydrogens (tertiary/aromatic N) is 1. The zero-order valence-electron chi connectivity index (χ0n) is 12.9. The van der Waals surface area contributed by atoms with Gasteiger partial charge in [-0.25, -0.2) is 13.3 Å². The fourth-order valence-electron chi connectivity index (χ4n) is 1.89. The molecular formula is C16H17Cl2FN2OS. The van der Waals surface area contributed by atoms with Crippen LogP contribution < -0.4 is 4.72 Å². The van der Waals surface area contributed by atoms with Crippen LogP contribution in [0.3, 0.4) is 0 Å². The van der Waals surface area contributed by atoms with E-state index in [-0.39, 0.29) is 5.02 Å². The maximum Gasteiger partial charge on any atom is 0.141 e. The van der Waals surface area contributed by atoms with E-state index in [1.807, 2.05) is 20.8 Å². The lowest BCUT2D eigenvalue weighted by atomic mass is 10.0. The van der Waals surface area contributed by atoms with Crippen LogP contribution in [0.4, 0.5) is 4.39 Å². The van der Waals surface area contributed by atoms with Crippen molar-refractivity contribution in [2.24, 2.45) is 0 Å². The van der Waals surface area contributed by atoms with Gasteiger partial charge in [-0.2, -0.15) is 0 Å². The van der Waals surface area contributed by atoms with Crippen molar-refractivity contribution in [3.05, 3.63) is 63.6 Å². The van der Waals surface area contributed by atoms with Gasteiger partial charge in [0.25, 0.3) is 0 Å². The van der Waals surface area contributed by atoms with Gasteiger partial charge in [-0.05, 0) is 50.1 Å². The minimum Gasteiger partial charge on any atom is -0.263 e. The quantitative estimate of drug-likeness (QED) is 0.844. The Morgan fingerprint density at radius 3 is 2.43 bits per heavy atom. The van der Waals surface area contributed by atoms with Crippen molar-refractivity contribution in [2.75, 3.05) is 0 Å². The molecule has 0 aliphatic heterocycles. The first-order chi connectivity index (χ1) is 10.7. The van der Waals surface area contributed by atoms with E-state index in [0.29, 0.717) is 10.6 Å². The van der Waals surface area contributed by atoms with Gasteiger partial charge in [-0.3, -0.25) is 4.98 Å². The van der Waals surface area contributed by atoms with Crippen molar-refractivity contribution in [1.82, 2.24) is 9.71 Å². The minimum atomic E-state index is -1.34. The number of halogens is 3. The van der Waals surface area contributed by atoms with Gasteiger partial charge in [-0.15, -0.1) is 0 Å². The van der Waals surface area contributed by atoms with Gasteiger partial charge in [0.2, 0.25) is 0 Å². The van der Waals surface area contributed by atoms with Crippen LogP contribution in [-0.4, -0.2) is 13.9 Å². The molecule has 23 heavy (non-hydrogen) atoms. The summed E-state index contributed by atoms with van der Waals surface area (Å²) in [5.41, 5.74) is 1.40. The molecule has 0 saturated carbocycles. The molecule has 0 aliphatic rings. The van der Waals surface area contributed by atoms with Crippen molar-refractivity contribution in [3.63, 3.8) is 0 Å². The summed E-state index contributed by atoms with van der Waals surface area (Å²) >= 11 is 11.9. The maximum absolute atomic E-state index is 13.4. The van der Waals surface area contributed by atoms with Gasteiger partial charge < -0.3 is 0 Å². The molecule has 0 aliphatic carbocycles. The zero-order chi connectivity index (χ0) is 17.2. The Labute approximate surface area is 147 Å². The second-order valence-corrected chi connectivity index (χ2v) is 8.88. The standard InChI is InChI=1S/C16H17Cl2FN2OS/c1-16(2,3)23(22)21-15(11-6-12(17)9-20-8-11)10-4-5-14(19)13(18)7-10/h4-9,15,21H,1-3H3. The normalized spacial score (nSPS) is 14.5. The minimum absolute atomic E-state index is 0.00540. The van der Waals surface area contributed by atoms with Gasteiger partial charge in [-0.1, -0.05) is 29.3 Å². The summed E-state index contributed by atoms with van der Waals surface area (Å²) in [5, 5.41) is 0.467. The summed E-state index contributed by atoms with van der Waals surface area (Å²) in [4.78, 5) is 4.06. The largest absolute Gasteiger partial charge is 0.263 e. The van der Waals surface area contributed by atoms with Gasteiger partial charge in [0.05, 0.1) is 31.8 Å². The Hall–Kier alpha value is -1.01. The van der Waals surface area contributed by atoms with Crippen molar-refractivity contribution in [1.29, 1.82) is 0 Å². The Balaban J connectivity index is 2.46. The van der Waals surface area contributed by atoms with Crippen LogP contribution in [0.5, 0.6) is 0 Å². The molecule has 2 atom stereocenters. The van der Waals surface area contributed by atoms with E-state index in [2.05, 4.69) is 9.71 Å². The number of hydrogen-bond donors (Lipinski definition) is 1. The van der Waals surface area contributed by atoms with Gasteiger partial charge in [0.1, 0.15) is 5.82 Å². The van der Waals surface area contributed by atoms with Crippen molar-refractivity contribution in [2.45, 2.75) is 31.6 Å². The molecule has 3 nitrogen and oxygen atoms in total. The van der Waals surface area contributed by atoms with Gasteiger partial charge in [0, 0.05) is 12.4 Å². The van der Waals surface area contributed by atoms with E-state index in [9.17, 15) is 8.60 Å². The average molecular weight is 375 g/mol. The molecule has 2 unspecified atom stereocenters. The number of aromatic nitrogens is 1.